The van der Waals surface area contributed by atoms with Crippen molar-refractivity contribution in [3.05, 3.63) is 71.4 Å². The molecule has 3 aromatic rings. The van der Waals surface area contributed by atoms with Gasteiger partial charge in [-0.3, -0.25) is 9.78 Å². The van der Waals surface area contributed by atoms with Crippen LogP contribution < -0.4 is 10.6 Å². The summed E-state index contributed by atoms with van der Waals surface area (Å²) in [5.41, 5.74) is 2.42. The smallest absolute Gasteiger partial charge is 0.230 e. The maximum Gasteiger partial charge on any atom is 0.230 e. The van der Waals surface area contributed by atoms with Gasteiger partial charge >= 0.3 is 0 Å². The van der Waals surface area contributed by atoms with Crippen LogP contribution in [0.5, 0.6) is 0 Å². The molecule has 0 radical (unpaired) electrons. The number of anilines is 1. The van der Waals surface area contributed by atoms with E-state index in [9.17, 15) is 4.79 Å². The van der Waals surface area contributed by atoms with E-state index in [1.165, 1.54) is 0 Å². The number of fused-ring (bicyclic) bond motifs is 1. The predicted molar refractivity (Wildman–Crippen MR) is 101 cm³/mol. The number of carbonyl (C=O) groups is 1. The molecule has 3 rings (SSSR count). The van der Waals surface area contributed by atoms with Crippen molar-refractivity contribution in [1.82, 2.24) is 10.3 Å². The van der Waals surface area contributed by atoms with Crippen molar-refractivity contribution in [1.29, 1.82) is 0 Å². The second-order valence-corrected chi connectivity index (χ2v) is 6.03. The van der Waals surface area contributed by atoms with Crippen molar-refractivity contribution in [2.45, 2.75) is 6.42 Å². The van der Waals surface area contributed by atoms with Gasteiger partial charge in [0.1, 0.15) is 0 Å². The molecule has 2 aromatic carbocycles. The van der Waals surface area contributed by atoms with E-state index in [2.05, 4.69) is 15.6 Å². The van der Waals surface area contributed by atoms with Crippen LogP contribution >= 0.6 is 23.8 Å². The Hall–Kier alpha value is -2.50. The average Bonchev–Trinajstić information content (AvgIpc) is 2.57. The van der Waals surface area contributed by atoms with Gasteiger partial charge in [-0.2, -0.15) is 0 Å². The van der Waals surface area contributed by atoms with Crippen molar-refractivity contribution < 1.29 is 4.79 Å². The molecule has 0 bridgehead atoms. The van der Waals surface area contributed by atoms with Gasteiger partial charge in [0.05, 0.1) is 17.6 Å². The summed E-state index contributed by atoms with van der Waals surface area (Å²) in [6.07, 6.45) is 1.95. The first kappa shape index (κ1) is 16.4. The molecule has 0 unspecified atom stereocenters. The van der Waals surface area contributed by atoms with E-state index < -0.39 is 0 Å². The van der Waals surface area contributed by atoms with Crippen molar-refractivity contribution in [2.75, 3.05) is 5.32 Å². The van der Waals surface area contributed by atoms with Crippen LogP contribution in [-0.4, -0.2) is 16.0 Å². The largest absolute Gasteiger partial charge is 0.331 e. The van der Waals surface area contributed by atoms with Crippen LogP contribution in [0, 0.1) is 0 Å². The molecule has 0 saturated carbocycles. The standard InChI is InChI=1S/C18H14ClN3OS/c19-14-8-6-12(7-9-14)11-16(23)22-18(24)21-15-5-1-3-13-4-2-10-20-17(13)15/h1-10H,11H2,(H2,21,22,23,24). The third-order valence-electron chi connectivity index (χ3n) is 3.41. The highest BCUT2D eigenvalue weighted by Crippen LogP contribution is 2.20. The van der Waals surface area contributed by atoms with Crippen LogP contribution in [0.25, 0.3) is 10.9 Å². The normalized spacial score (nSPS) is 10.4. The number of benzene rings is 2. The first-order chi connectivity index (χ1) is 11.6. The van der Waals surface area contributed by atoms with Crippen molar-refractivity contribution in [3.63, 3.8) is 0 Å². The number of thiocarbonyl (C=S) groups is 1. The Labute approximate surface area is 149 Å². The van der Waals surface area contributed by atoms with Crippen LogP contribution in [0.15, 0.2) is 60.8 Å². The monoisotopic (exact) mass is 355 g/mol. The van der Waals surface area contributed by atoms with Gasteiger partial charge in [-0.1, -0.05) is 41.9 Å². The molecule has 0 atom stereocenters. The Morgan fingerprint density at radius 3 is 2.62 bits per heavy atom. The first-order valence-corrected chi connectivity index (χ1v) is 8.09. The van der Waals surface area contributed by atoms with E-state index in [-0.39, 0.29) is 17.4 Å². The first-order valence-electron chi connectivity index (χ1n) is 7.31. The molecule has 1 amide bonds. The number of para-hydroxylation sites is 1. The van der Waals surface area contributed by atoms with E-state index in [4.69, 9.17) is 23.8 Å². The van der Waals surface area contributed by atoms with Crippen molar-refractivity contribution in [3.8, 4) is 0 Å². The Morgan fingerprint density at radius 2 is 1.83 bits per heavy atom. The highest BCUT2D eigenvalue weighted by atomic mass is 35.5. The lowest BCUT2D eigenvalue weighted by Crippen LogP contribution is -2.35. The molecule has 0 saturated heterocycles. The summed E-state index contributed by atoms with van der Waals surface area (Å²) >= 11 is 11.1. The van der Waals surface area contributed by atoms with Crippen molar-refractivity contribution >= 4 is 51.4 Å². The Bertz CT molecular complexity index is 891. The topological polar surface area (TPSA) is 54.0 Å². The third-order valence-corrected chi connectivity index (χ3v) is 3.87. The number of aromatic nitrogens is 1. The Kier molecular flexibility index (Phi) is 5.03. The number of carbonyl (C=O) groups excluding carboxylic acids is 1. The highest BCUT2D eigenvalue weighted by Gasteiger charge is 2.08. The molecule has 0 aliphatic carbocycles. The number of rotatable bonds is 3. The fourth-order valence-electron chi connectivity index (χ4n) is 2.32. The highest BCUT2D eigenvalue weighted by molar-refractivity contribution is 7.80. The molecular formula is C18H14ClN3OS. The Morgan fingerprint density at radius 1 is 1.08 bits per heavy atom. The zero-order chi connectivity index (χ0) is 16.9. The number of hydrogen-bond donors (Lipinski definition) is 2. The summed E-state index contributed by atoms with van der Waals surface area (Å²) < 4.78 is 0. The van der Waals surface area contributed by atoms with Gasteiger partial charge < -0.3 is 10.6 Å². The second kappa shape index (κ2) is 7.38. The molecule has 120 valence electrons. The lowest BCUT2D eigenvalue weighted by Gasteiger charge is -2.11. The molecule has 2 N–H and O–H groups in total. The van der Waals surface area contributed by atoms with Gasteiger partial charge in [-0.15, -0.1) is 0 Å². The molecule has 0 spiro atoms. The maximum absolute atomic E-state index is 12.1. The molecular weight excluding hydrogens is 342 g/mol. The van der Waals surface area contributed by atoms with Gasteiger partial charge in [0, 0.05) is 16.6 Å². The van der Waals surface area contributed by atoms with Crippen molar-refractivity contribution in [2.24, 2.45) is 0 Å². The van der Waals surface area contributed by atoms with Crippen LogP contribution in [-0.2, 0) is 11.2 Å². The molecule has 1 heterocycles. The zero-order valence-corrected chi connectivity index (χ0v) is 14.2. The summed E-state index contributed by atoms with van der Waals surface area (Å²) in [4.78, 5) is 16.4. The lowest BCUT2D eigenvalue weighted by molar-refractivity contribution is -0.119. The number of halogens is 1. The number of pyridine rings is 1. The van der Waals surface area contributed by atoms with Gasteiger partial charge in [0.25, 0.3) is 0 Å². The van der Waals surface area contributed by atoms with E-state index in [0.29, 0.717) is 5.02 Å². The Balaban J connectivity index is 1.64. The second-order valence-electron chi connectivity index (χ2n) is 5.19. The van der Waals surface area contributed by atoms with E-state index in [1.54, 1.807) is 18.3 Å². The van der Waals surface area contributed by atoms with Gasteiger partial charge in [0.2, 0.25) is 5.91 Å². The minimum Gasteiger partial charge on any atom is -0.331 e. The minimum atomic E-state index is -0.192. The number of nitrogens with one attached hydrogen (secondary N) is 2. The molecule has 24 heavy (non-hydrogen) atoms. The van der Waals surface area contributed by atoms with Gasteiger partial charge in [-0.25, -0.2) is 0 Å². The molecule has 0 aliphatic rings. The summed E-state index contributed by atoms with van der Waals surface area (Å²) in [6, 6.07) is 16.7. The predicted octanol–water partition coefficient (Wildman–Crippen LogP) is 3.94. The summed E-state index contributed by atoms with van der Waals surface area (Å²) in [5, 5.41) is 7.58. The van der Waals surface area contributed by atoms with Gasteiger partial charge in [0.15, 0.2) is 5.11 Å². The average molecular weight is 356 g/mol. The van der Waals surface area contributed by atoms with E-state index >= 15 is 0 Å². The van der Waals surface area contributed by atoms with Crippen LogP contribution in [0.4, 0.5) is 5.69 Å². The number of hydrogen-bond acceptors (Lipinski definition) is 3. The summed E-state index contributed by atoms with van der Waals surface area (Å²) in [5.74, 6) is -0.192. The van der Waals surface area contributed by atoms with E-state index in [0.717, 1.165) is 22.2 Å². The molecule has 0 fully saturated rings. The van der Waals surface area contributed by atoms with Crippen LogP contribution in [0.2, 0.25) is 5.02 Å². The van der Waals surface area contributed by atoms with E-state index in [1.807, 2.05) is 42.5 Å². The molecule has 4 nitrogen and oxygen atoms in total. The lowest BCUT2D eigenvalue weighted by atomic mass is 10.1. The molecule has 0 aliphatic heterocycles. The quantitative estimate of drug-likeness (QED) is 0.699. The minimum absolute atomic E-state index is 0.192. The number of nitrogens with zero attached hydrogens (tertiary/aromatic N) is 1. The molecule has 6 heteroatoms. The fraction of sp³-hybridized carbons (Fsp3) is 0.0556. The zero-order valence-electron chi connectivity index (χ0n) is 12.6. The SMILES string of the molecule is O=C(Cc1ccc(Cl)cc1)NC(=S)Nc1cccc2cccnc12. The van der Waals surface area contributed by atoms with Gasteiger partial charge in [-0.05, 0) is 42.0 Å². The van der Waals surface area contributed by atoms with Crippen LogP contribution in [0.1, 0.15) is 5.56 Å². The maximum atomic E-state index is 12.1. The van der Waals surface area contributed by atoms with Crippen LogP contribution in [0.3, 0.4) is 0 Å². The third kappa shape index (κ3) is 4.07. The summed E-state index contributed by atoms with van der Waals surface area (Å²) in [7, 11) is 0. The number of amides is 1. The summed E-state index contributed by atoms with van der Waals surface area (Å²) in [6.45, 7) is 0. The fourth-order valence-corrected chi connectivity index (χ4v) is 2.67. The molecule has 1 aromatic heterocycles.